The molecule has 0 aliphatic carbocycles. The van der Waals surface area contributed by atoms with E-state index in [1.807, 2.05) is 49.2 Å². The topological polar surface area (TPSA) is 53.5 Å². The number of aromatic nitrogens is 6. The quantitative estimate of drug-likeness (QED) is 0.115. The van der Waals surface area contributed by atoms with Gasteiger partial charge in [0, 0.05) is 85.9 Å². The van der Waals surface area contributed by atoms with Gasteiger partial charge in [0.2, 0.25) is 0 Å². The molecule has 0 unspecified atom stereocenters. The Morgan fingerprint density at radius 2 is 0.397 bits per heavy atom. The van der Waals surface area contributed by atoms with Gasteiger partial charge in [-0.25, -0.2) is 0 Å². The van der Waals surface area contributed by atoms with Gasteiger partial charge in [-0.1, -0.05) is 370 Å². The molecule has 6 nitrogen and oxygen atoms in total. The number of hydrogen-bond donors (Lipinski definition) is 0. The number of rotatable bonds is 12. The molecular weight excluding hydrogens is 1710 g/mol. The van der Waals surface area contributed by atoms with Gasteiger partial charge in [-0.3, -0.25) is 15.0 Å². The molecule has 6 aromatic heterocycles. The number of fused-ring (bicyclic) bond motifs is 9. The van der Waals surface area contributed by atoms with Gasteiger partial charge in [0.1, 0.15) is 0 Å². The average molecular weight is 1790 g/mol. The minimum absolute atomic E-state index is 0.987. The summed E-state index contributed by atoms with van der Waals surface area (Å²) in [4.78, 5) is 13.1. The second-order valence-corrected chi connectivity index (χ2v) is 37.1. The van der Waals surface area contributed by atoms with E-state index in [-0.39, 0.29) is 0 Å². The maximum absolute atomic E-state index is 4.60. The Hall–Kier alpha value is -18.8. The molecule has 0 N–H and O–H groups in total. The first-order valence-electron chi connectivity index (χ1n) is 48.4. The van der Waals surface area contributed by atoms with Gasteiger partial charge in [0.25, 0.3) is 0 Å². The predicted octanol–water partition coefficient (Wildman–Crippen LogP) is 36.2. The van der Waals surface area contributed by atoms with Gasteiger partial charge in [-0.15, -0.1) is 0 Å². The van der Waals surface area contributed by atoms with Crippen molar-refractivity contribution in [2.24, 2.45) is 0 Å². The first-order valence-corrected chi connectivity index (χ1v) is 48.4. The third-order valence-corrected chi connectivity index (χ3v) is 29.6. The van der Waals surface area contributed by atoms with Crippen LogP contribution in [0.5, 0.6) is 0 Å². The van der Waals surface area contributed by atoms with Crippen LogP contribution >= 0.6 is 0 Å². The molecule has 0 fully saturated rings. The van der Waals surface area contributed by atoms with Crippen LogP contribution in [0.4, 0.5) is 0 Å². The van der Waals surface area contributed by atoms with Gasteiger partial charge in [-0.05, 0) is 295 Å². The Bertz CT molecular complexity index is 9580. The summed E-state index contributed by atoms with van der Waals surface area (Å²) in [6.45, 7) is 0. The average Bonchev–Trinajstić information content (AvgIpc) is 1.66. The lowest BCUT2D eigenvalue weighted by Crippen LogP contribution is -1.94. The maximum atomic E-state index is 4.60. The molecule has 0 spiro atoms. The Labute approximate surface area is 812 Å². The lowest BCUT2D eigenvalue weighted by molar-refractivity contribution is 1.18. The van der Waals surface area contributed by atoms with Gasteiger partial charge < -0.3 is 13.7 Å². The highest BCUT2D eigenvalue weighted by atomic mass is 15.0. The van der Waals surface area contributed by atoms with E-state index in [4.69, 9.17) is 0 Å². The molecule has 0 atom stereocenters. The molecule has 6 heterocycles. The van der Waals surface area contributed by atoms with E-state index < -0.39 is 0 Å². The number of para-hydroxylation sites is 6. The van der Waals surface area contributed by atoms with Crippen LogP contribution in [0.3, 0.4) is 0 Å². The summed E-state index contributed by atoms with van der Waals surface area (Å²) in [6.07, 6.45) is 9.28. The van der Waals surface area contributed by atoms with Crippen molar-refractivity contribution in [3.63, 3.8) is 0 Å². The smallest absolute Gasteiger partial charge is 0.0702 e. The first-order chi connectivity index (χ1) is 69.9. The fourth-order valence-electron chi connectivity index (χ4n) is 23.0. The highest BCUT2D eigenvalue weighted by Gasteiger charge is 2.24. The van der Waals surface area contributed by atoms with Crippen LogP contribution in [0.15, 0.2) is 510 Å². The lowest BCUT2D eigenvalue weighted by atomic mass is 9.87. The molecule has 0 saturated carbocycles. The summed E-state index contributed by atoms with van der Waals surface area (Å²) in [5.41, 5.74) is 32.5. The Morgan fingerprint density at radius 3 is 0.695 bits per heavy atom. The molecule has 24 aromatic carbocycles. The van der Waals surface area contributed by atoms with Crippen molar-refractivity contribution >= 4 is 162 Å². The van der Waals surface area contributed by atoms with Gasteiger partial charge in [0.15, 0.2) is 0 Å². The standard InChI is InChI=1S/3C45H28N2/c1-3-13-42-37(10-1)38-11-2-4-14-43(38)47(42)34-21-15-29(16-22-34)35-23-17-30-20-26-40-36(24-18-31-19-25-39(35)44(30)45(31)40)32-8-7-9-33(28-32)41-12-5-6-27-46-41;1-3-9-42-38(7-1)39-8-2-4-10-43(39)47(42)35-21-15-31(16-22-35)37-24-18-33-19-25-40-36(23-17-32-20-26-41(37)45(33)44(32)40)30-13-11-29(12-14-30)34-6-5-27-46-28-34;1-3-7-42-38(5-1)39-6-2-4-8-43(39)47(42)35-19-13-32(14-20-35)37-22-16-34-17-23-40-36(21-15-33-18-24-41(37)45(34)44(33)40)31-11-9-29(10-12-31)30-25-27-46-28-26-30/h3*1-28H. The molecule has 30 rings (SSSR count). The second-order valence-electron chi connectivity index (χ2n) is 37.1. The SMILES string of the molecule is c1ccc(-c2cccc(-c3ccc4ccc5c(-c6ccc(-n7c8ccccc8c8ccccc87)cc6)ccc6ccc3c4c65)c2)nc1.c1ccc2c(c1)c1ccccc1n2-c1ccc(-c2ccc3ccc4c(-c5ccc(-c6ccncc6)cc5)ccc5ccc2c3c54)cc1.c1cncc(-c2ccc(-c3ccc4ccc5c(-c6ccc(-n7c8ccccc8c8ccccc87)cc6)ccc6ccc3c4c65)cc2)c1. The molecule has 0 saturated heterocycles. The summed E-state index contributed by atoms with van der Waals surface area (Å²) in [5, 5.41) is 31.0. The highest BCUT2D eigenvalue weighted by molar-refractivity contribution is 6.31. The monoisotopic (exact) mass is 1790 g/mol. The van der Waals surface area contributed by atoms with Crippen LogP contribution in [0, 0.1) is 0 Å². The van der Waals surface area contributed by atoms with Crippen LogP contribution in [-0.2, 0) is 0 Å². The predicted molar refractivity (Wildman–Crippen MR) is 596 cm³/mol. The molecular formula is C135H84N6. The molecule has 0 bridgehead atoms. The molecule has 30 aromatic rings. The zero-order chi connectivity index (χ0) is 92.7. The van der Waals surface area contributed by atoms with Gasteiger partial charge in [0.05, 0.1) is 38.8 Å². The van der Waals surface area contributed by atoms with Crippen LogP contribution in [0.25, 0.3) is 280 Å². The molecule has 0 aliphatic heterocycles. The van der Waals surface area contributed by atoms with E-state index in [1.54, 1.807) is 0 Å². The number of pyridine rings is 3. The van der Waals surface area contributed by atoms with E-state index in [0.29, 0.717) is 0 Å². The normalized spacial score (nSPS) is 11.8. The summed E-state index contributed by atoms with van der Waals surface area (Å²) < 4.78 is 7.13. The second kappa shape index (κ2) is 33.1. The highest BCUT2D eigenvalue weighted by Crippen LogP contribution is 2.49. The molecule has 654 valence electrons. The summed E-state index contributed by atoms with van der Waals surface area (Å²) in [7, 11) is 0. The molecule has 0 aliphatic rings. The van der Waals surface area contributed by atoms with E-state index in [1.165, 1.54) is 263 Å². The first kappa shape index (κ1) is 80.7. The third kappa shape index (κ3) is 13.4. The number of hydrogen-bond acceptors (Lipinski definition) is 3. The van der Waals surface area contributed by atoms with Crippen molar-refractivity contribution < 1.29 is 0 Å². The van der Waals surface area contributed by atoms with Crippen LogP contribution in [0.1, 0.15) is 0 Å². The fraction of sp³-hybridized carbons (Fsp3) is 0. The minimum Gasteiger partial charge on any atom is -0.309 e. The third-order valence-electron chi connectivity index (χ3n) is 29.6. The molecule has 0 radical (unpaired) electrons. The Balaban J connectivity index is 0.000000104. The maximum Gasteiger partial charge on any atom is 0.0702 e. The Kier molecular flexibility index (Phi) is 18.9. The van der Waals surface area contributed by atoms with Crippen molar-refractivity contribution in [1.29, 1.82) is 0 Å². The summed E-state index contributed by atoms with van der Waals surface area (Å²) in [6, 6.07) is 175. The van der Waals surface area contributed by atoms with E-state index >= 15 is 0 Å². The molecule has 141 heavy (non-hydrogen) atoms. The van der Waals surface area contributed by atoms with E-state index in [0.717, 1.165) is 16.8 Å². The van der Waals surface area contributed by atoms with E-state index in [2.05, 4.69) is 490 Å². The lowest BCUT2D eigenvalue weighted by Gasteiger charge is -2.17. The van der Waals surface area contributed by atoms with Crippen LogP contribution in [-0.4, -0.2) is 28.7 Å². The van der Waals surface area contributed by atoms with Crippen LogP contribution in [0.2, 0.25) is 0 Å². The van der Waals surface area contributed by atoms with Crippen LogP contribution < -0.4 is 0 Å². The zero-order valence-corrected chi connectivity index (χ0v) is 76.7. The van der Waals surface area contributed by atoms with Gasteiger partial charge >= 0.3 is 0 Å². The van der Waals surface area contributed by atoms with E-state index in [9.17, 15) is 0 Å². The minimum atomic E-state index is 0.987. The van der Waals surface area contributed by atoms with Gasteiger partial charge in [-0.2, -0.15) is 0 Å². The number of benzene rings is 24. The molecule has 6 heteroatoms. The Morgan fingerprint density at radius 1 is 0.142 bits per heavy atom. The summed E-state index contributed by atoms with van der Waals surface area (Å²) in [5.74, 6) is 0. The summed E-state index contributed by atoms with van der Waals surface area (Å²) >= 11 is 0. The zero-order valence-electron chi connectivity index (χ0n) is 76.7. The van der Waals surface area contributed by atoms with Crippen molar-refractivity contribution in [3.8, 4) is 117 Å². The van der Waals surface area contributed by atoms with Crippen molar-refractivity contribution in [2.45, 2.75) is 0 Å². The van der Waals surface area contributed by atoms with Crippen molar-refractivity contribution in [2.75, 3.05) is 0 Å². The van der Waals surface area contributed by atoms with Crippen molar-refractivity contribution in [3.05, 3.63) is 510 Å². The largest absolute Gasteiger partial charge is 0.309 e. The fourth-order valence-corrected chi connectivity index (χ4v) is 23.0. The van der Waals surface area contributed by atoms with Crippen molar-refractivity contribution in [1.82, 2.24) is 28.7 Å². The molecule has 0 amide bonds. The number of nitrogens with zero attached hydrogens (tertiary/aromatic N) is 6.